The predicted octanol–water partition coefficient (Wildman–Crippen LogP) is 2.75. The van der Waals surface area contributed by atoms with Crippen molar-refractivity contribution in [2.75, 3.05) is 6.61 Å². The molecule has 1 fully saturated rings. The molecular formula is C20H20BrN3O4. The number of hydrogen-bond donors (Lipinski definition) is 1. The number of carbonyl (C=O) groups is 2. The minimum absolute atomic E-state index is 0.130. The lowest BCUT2D eigenvalue weighted by molar-refractivity contribution is -0.123. The van der Waals surface area contributed by atoms with E-state index in [1.165, 1.54) is 10.8 Å². The first-order valence-electron chi connectivity index (χ1n) is 9.01. The molecule has 3 rings (SSSR count). The fourth-order valence-electron chi connectivity index (χ4n) is 3.21. The second kappa shape index (κ2) is 7.76. The molecular weight excluding hydrogens is 426 g/mol. The molecule has 1 saturated carbocycles. The van der Waals surface area contributed by atoms with Crippen LogP contribution in [0.4, 0.5) is 0 Å². The van der Waals surface area contributed by atoms with Gasteiger partial charge in [-0.05, 0) is 50.8 Å². The average molecular weight is 446 g/mol. The zero-order chi connectivity index (χ0) is 20.5. The zero-order valence-corrected chi connectivity index (χ0v) is 17.2. The number of pyridine rings is 1. The molecule has 28 heavy (non-hydrogen) atoms. The van der Waals surface area contributed by atoms with E-state index in [-0.39, 0.29) is 30.5 Å². The number of ether oxygens (including phenoxy) is 1. The van der Waals surface area contributed by atoms with Gasteiger partial charge in [-0.25, -0.2) is 4.79 Å². The van der Waals surface area contributed by atoms with Gasteiger partial charge in [-0.2, -0.15) is 5.26 Å². The summed E-state index contributed by atoms with van der Waals surface area (Å²) in [4.78, 5) is 37.5. The Bertz CT molecular complexity index is 1050. The van der Waals surface area contributed by atoms with Crippen LogP contribution in [-0.4, -0.2) is 28.6 Å². The molecule has 1 heterocycles. The quantitative estimate of drug-likeness (QED) is 0.688. The number of nitriles is 1. The van der Waals surface area contributed by atoms with E-state index in [2.05, 4.69) is 27.3 Å². The summed E-state index contributed by atoms with van der Waals surface area (Å²) < 4.78 is 7.24. The third-order valence-corrected chi connectivity index (χ3v) is 5.37. The monoisotopic (exact) mass is 445 g/mol. The highest BCUT2D eigenvalue weighted by molar-refractivity contribution is 9.10. The van der Waals surface area contributed by atoms with Crippen molar-refractivity contribution in [3.8, 4) is 6.07 Å². The largest absolute Gasteiger partial charge is 0.462 e. The van der Waals surface area contributed by atoms with E-state index >= 15 is 0 Å². The van der Waals surface area contributed by atoms with Crippen LogP contribution in [0.2, 0.25) is 0 Å². The lowest BCUT2D eigenvalue weighted by Gasteiger charge is -2.23. The maximum Gasteiger partial charge on any atom is 0.343 e. The average Bonchev–Trinajstić information content (AvgIpc) is 3.49. The number of amides is 1. The fraction of sp³-hybridized carbons (Fsp3) is 0.400. The molecule has 0 bridgehead atoms. The summed E-state index contributed by atoms with van der Waals surface area (Å²) in [5.41, 5.74) is -0.990. The number of fused-ring (bicyclic) bond motifs is 1. The van der Waals surface area contributed by atoms with Crippen LogP contribution in [-0.2, 0) is 16.1 Å². The Morgan fingerprint density at radius 2 is 2.14 bits per heavy atom. The van der Waals surface area contributed by atoms with Gasteiger partial charge in [-0.3, -0.25) is 9.59 Å². The molecule has 1 N–H and O–H groups in total. The Balaban J connectivity index is 2.01. The van der Waals surface area contributed by atoms with Gasteiger partial charge < -0.3 is 14.6 Å². The lowest BCUT2D eigenvalue weighted by atomic mass is 9.98. The lowest BCUT2D eigenvalue weighted by Crippen LogP contribution is -2.48. The third-order valence-electron chi connectivity index (χ3n) is 4.88. The first kappa shape index (κ1) is 20.1. The van der Waals surface area contributed by atoms with Crippen molar-refractivity contribution in [2.24, 2.45) is 5.92 Å². The van der Waals surface area contributed by atoms with Crippen molar-refractivity contribution in [3.63, 3.8) is 0 Å². The van der Waals surface area contributed by atoms with Gasteiger partial charge in [0, 0.05) is 16.1 Å². The van der Waals surface area contributed by atoms with Crippen molar-refractivity contribution in [1.82, 2.24) is 9.88 Å². The SMILES string of the molecule is CCOC(=O)c1cn(CC(=O)N[C@](C)(C#N)C2CC2)c2cc(Br)ccc2c1=O. The van der Waals surface area contributed by atoms with Crippen molar-refractivity contribution < 1.29 is 14.3 Å². The molecule has 0 unspecified atom stereocenters. The standard InChI is InChI=1S/C20H20BrN3O4/c1-3-28-19(27)15-9-24(16-8-13(21)6-7-14(16)18(15)26)10-17(25)23-20(2,11-22)12-4-5-12/h6-9,12H,3-5,10H2,1-2H3,(H,23,25)/t20-/m1/s1. The van der Waals surface area contributed by atoms with Crippen molar-refractivity contribution in [1.29, 1.82) is 5.26 Å². The van der Waals surface area contributed by atoms with E-state index in [1.54, 1.807) is 32.0 Å². The van der Waals surface area contributed by atoms with Gasteiger partial charge in [0.05, 0.1) is 18.2 Å². The highest BCUT2D eigenvalue weighted by Crippen LogP contribution is 2.39. The zero-order valence-electron chi connectivity index (χ0n) is 15.6. The molecule has 1 aromatic heterocycles. The van der Waals surface area contributed by atoms with Crippen molar-refractivity contribution in [3.05, 3.63) is 44.7 Å². The number of halogens is 1. The molecule has 0 aliphatic heterocycles. The Morgan fingerprint density at radius 3 is 2.75 bits per heavy atom. The number of esters is 1. The fourth-order valence-corrected chi connectivity index (χ4v) is 3.56. The number of carbonyl (C=O) groups excluding carboxylic acids is 2. The van der Waals surface area contributed by atoms with Gasteiger partial charge in [0.2, 0.25) is 11.3 Å². The molecule has 2 aromatic rings. The van der Waals surface area contributed by atoms with E-state index in [0.29, 0.717) is 10.9 Å². The number of nitrogens with one attached hydrogen (secondary N) is 1. The highest BCUT2D eigenvalue weighted by Gasteiger charge is 2.43. The first-order chi connectivity index (χ1) is 13.3. The van der Waals surface area contributed by atoms with Gasteiger partial charge in [0.25, 0.3) is 0 Å². The molecule has 146 valence electrons. The second-order valence-corrected chi connectivity index (χ2v) is 7.93. The Labute approximate surface area is 170 Å². The van der Waals surface area contributed by atoms with Crippen LogP contribution in [0.25, 0.3) is 10.9 Å². The number of nitrogens with zero attached hydrogens (tertiary/aromatic N) is 2. The molecule has 0 saturated heterocycles. The van der Waals surface area contributed by atoms with Crippen molar-refractivity contribution >= 4 is 38.7 Å². The summed E-state index contributed by atoms with van der Waals surface area (Å²) in [6, 6.07) is 7.19. The molecule has 1 aliphatic carbocycles. The van der Waals surface area contributed by atoms with Crippen LogP contribution in [0.1, 0.15) is 37.0 Å². The smallest absolute Gasteiger partial charge is 0.343 e. The van der Waals surface area contributed by atoms with Crippen LogP contribution in [0.5, 0.6) is 0 Å². The van der Waals surface area contributed by atoms with Gasteiger partial charge in [-0.1, -0.05) is 15.9 Å². The molecule has 0 radical (unpaired) electrons. The first-order valence-corrected chi connectivity index (χ1v) is 9.80. The van der Waals surface area contributed by atoms with E-state index in [0.717, 1.165) is 17.3 Å². The van der Waals surface area contributed by atoms with E-state index < -0.39 is 16.9 Å². The maximum absolute atomic E-state index is 12.7. The minimum atomic E-state index is -0.920. The van der Waals surface area contributed by atoms with E-state index in [1.807, 2.05) is 0 Å². The van der Waals surface area contributed by atoms with Crippen LogP contribution < -0.4 is 10.7 Å². The van der Waals surface area contributed by atoms with Gasteiger partial charge in [0.15, 0.2) is 0 Å². The predicted molar refractivity (Wildman–Crippen MR) is 107 cm³/mol. The molecule has 0 spiro atoms. The molecule has 7 nitrogen and oxygen atoms in total. The highest BCUT2D eigenvalue weighted by atomic mass is 79.9. The topological polar surface area (TPSA) is 101 Å². The van der Waals surface area contributed by atoms with Crippen LogP contribution in [0, 0.1) is 17.2 Å². The third kappa shape index (κ3) is 3.94. The Kier molecular flexibility index (Phi) is 5.57. The number of benzene rings is 1. The summed E-state index contributed by atoms with van der Waals surface area (Å²) in [5.74, 6) is -0.946. The van der Waals surface area contributed by atoms with Gasteiger partial charge >= 0.3 is 5.97 Å². The number of hydrogen-bond acceptors (Lipinski definition) is 5. The molecule has 1 aliphatic rings. The summed E-state index contributed by atoms with van der Waals surface area (Å²) >= 11 is 3.37. The molecule has 1 amide bonds. The van der Waals surface area contributed by atoms with Crippen LogP contribution >= 0.6 is 15.9 Å². The Morgan fingerprint density at radius 1 is 1.43 bits per heavy atom. The van der Waals surface area contributed by atoms with Crippen LogP contribution in [0.15, 0.2) is 33.7 Å². The molecule has 1 atom stereocenters. The Hall–Kier alpha value is -2.66. The summed E-state index contributed by atoms with van der Waals surface area (Å²) in [6.45, 7) is 3.37. The van der Waals surface area contributed by atoms with Gasteiger partial charge in [0.1, 0.15) is 17.6 Å². The summed E-state index contributed by atoms with van der Waals surface area (Å²) in [7, 11) is 0. The van der Waals surface area contributed by atoms with Crippen LogP contribution in [0.3, 0.4) is 0 Å². The van der Waals surface area contributed by atoms with Crippen molar-refractivity contribution in [2.45, 2.75) is 38.8 Å². The minimum Gasteiger partial charge on any atom is -0.462 e. The normalized spacial score (nSPS) is 15.5. The number of aromatic nitrogens is 1. The molecule has 1 aromatic carbocycles. The maximum atomic E-state index is 12.7. The molecule has 8 heteroatoms. The second-order valence-electron chi connectivity index (χ2n) is 7.02. The summed E-state index contributed by atoms with van der Waals surface area (Å²) in [6.07, 6.45) is 3.16. The van der Waals surface area contributed by atoms with E-state index in [9.17, 15) is 19.6 Å². The number of rotatable bonds is 6. The summed E-state index contributed by atoms with van der Waals surface area (Å²) in [5, 5.41) is 12.6. The van der Waals surface area contributed by atoms with Gasteiger partial charge in [-0.15, -0.1) is 0 Å². The van der Waals surface area contributed by atoms with E-state index in [4.69, 9.17) is 4.74 Å².